The molecule has 4 rings (SSSR count). The third-order valence-electron chi connectivity index (χ3n) is 4.98. The first kappa shape index (κ1) is 21.1. The minimum absolute atomic E-state index is 0.0902. The monoisotopic (exact) mass is 450 g/mol. The van der Waals surface area contributed by atoms with Gasteiger partial charge in [0.1, 0.15) is 4.21 Å². The average molecular weight is 451 g/mol. The molecule has 1 unspecified atom stereocenters. The molecule has 158 valence electrons. The first-order valence-corrected chi connectivity index (χ1v) is 12.2. The second-order valence-electron chi connectivity index (χ2n) is 7.31. The van der Waals surface area contributed by atoms with Crippen LogP contribution in [0.15, 0.2) is 88.5 Å². The molecule has 0 radical (unpaired) electrons. The molecule has 0 bridgehead atoms. The fraction of sp³-hybridized carbons (Fsp3) is 0.125. The minimum atomic E-state index is -3.58. The van der Waals surface area contributed by atoms with Crippen LogP contribution in [0, 0.1) is 0 Å². The number of carbonyl (C=O) groups excluding carboxylic acids is 1. The maximum atomic E-state index is 12.5. The Morgan fingerprint density at radius 2 is 1.68 bits per heavy atom. The van der Waals surface area contributed by atoms with Crippen molar-refractivity contribution in [3.05, 3.63) is 95.4 Å². The number of thiophene rings is 1. The van der Waals surface area contributed by atoms with E-state index < -0.39 is 10.0 Å². The summed E-state index contributed by atoms with van der Waals surface area (Å²) in [5.74, 6) is -0.0902. The van der Waals surface area contributed by atoms with E-state index in [1.165, 1.54) is 5.39 Å². The van der Waals surface area contributed by atoms with E-state index >= 15 is 0 Å². The van der Waals surface area contributed by atoms with Gasteiger partial charge in [-0.3, -0.25) is 9.52 Å². The highest BCUT2D eigenvalue weighted by atomic mass is 32.2. The summed E-state index contributed by atoms with van der Waals surface area (Å²) in [5, 5.41) is 7.06. The van der Waals surface area contributed by atoms with Crippen LogP contribution in [0.1, 0.15) is 24.1 Å². The number of hydrogen-bond donors (Lipinski definition) is 2. The summed E-state index contributed by atoms with van der Waals surface area (Å²) in [7, 11) is -3.58. The lowest BCUT2D eigenvalue weighted by molar-refractivity contribution is -0.121. The van der Waals surface area contributed by atoms with Gasteiger partial charge in [-0.1, -0.05) is 54.6 Å². The van der Waals surface area contributed by atoms with Crippen LogP contribution in [0.3, 0.4) is 0 Å². The molecule has 1 atom stereocenters. The molecule has 4 aromatic rings. The Hall–Kier alpha value is -3.16. The van der Waals surface area contributed by atoms with Crippen LogP contribution in [-0.2, 0) is 21.2 Å². The Morgan fingerprint density at radius 1 is 0.935 bits per heavy atom. The summed E-state index contributed by atoms with van der Waals surface area (Å²) >= 11 is 1.16. The van der Waals surface area contributed by atoms with E-state index in [0.717, 1.165) is 27.8 Å². The fourth-order valence-corrected chi connectivity index (χ4v) is 5.40. The molecule has 0 spiro atoms. The molecule has 31 heavy (non-hydrogen) atoms. The van der Waals surface area contributed by atoms with E-state index in [0.29, 0.717) is 5.69 Å². The molecule has 0 aliphatic carbocycles. The van der Waals surface area contributed by atoms with Crippen LogP contribution in [-0.4, -0.2) is 14.3 Å². The molecule has 1 heterocycles. The van der Waals surface area contributed by atoms with E-state index in [-0.39, 0.29) is 22.6 Å². The van der Waals surface area contributed by atoms with Gasteiger partial charge in [0.25, 0.3) is 10.0 Å². The number of benzene rings is 3. The van der Waals surface area contributed by atoms with Gasteiger partial charge in [-0.15, -0.1) is 11.3 Å². The van der Waals surface area contributed by atoms with Gasteiger partial charge in [-0.2, -0.15) is 0 Å². The van der Waals surface area contributed by atoms with Gasteiger partial charge >= 0.3 is 0 Å². The highest BCUT2D eigenvalue weighted by Crippen LogP contribution is 2.22. The Bertz CT molecular complexity index is 1300. The molecule has 3 aromatic carbocycles. The average Bonchev–Trinajstić information content (AvgIpc) is 3.30. The van der Waals surface area contributed by atoms with Crippen molar-refractivity contribution in [1.82, 2.24) is 5.32 Å². The molecule has 0 aliphatic rings. The Labute approximate surface area is 185 Å². The van der Waals surface area contributed by atoms with Crippen LogP contribution < -0.4 is 10.0 Å². The van der Waals surface area contributed by atoms with E-state index in [4.69, 9.17) is 0 Å². The lowest BCUT2D eigenvalue weighted by Gasteiger charge is -2.15. The van der Waals surface area contributed by atoms with Crippen LogP contribution in [0.2, 0.25) is 0 Å². The largest absolute Gasteiger partial charge is 0.349 e. The van der Waals surface area contributed by atoms with Crippen molar-refractivity contribution in [3.63, 3.8) is 0 Å². The van der Waals surface area contributed by atoms with Gasteiger partial charge in [0.05, 0.1) is 12.5 Å². The number of rotatable bonds is 7. The van der Waals surface area contributed by atoms with E-state index in [1.54, 1.807) is 41.8 Å². The SMILES string of the molecule is CC(NC(=O)Cc1ccc(NS(=O)(=O)c2cccs2)cc1)c1ccc2ccccc2c1. The van der Waals surface area contributed by atoms with Gasteiger partial charge in [0, 0.05) is 5.69 Å². The van der Waals surface area contributed by atoms with Crippen LogP contribution >= 0.6 is 11.3 Å². The Kier molecular flexibility index (Phi) is 6.06. The van der Waals surface area contributed by atoms with Gasteiger partial charge < -0.3 is 5.32 Å². The van der Waals surface area contributed by atoms with Crippen LogP contribution in [0.4, 0.5) is 5.69 Å². The summed E-state index contributed by atoms with van der Waals surface area (Å²) in [6.07, 6.45) is 0.218. The van der Waals surface area contributed by atoms with Crippen molar-refractivity contribution in [3.8, 4) is 0 Å². The Morgan fingerprint density at radius 3 is 2.39 bits per heavy atom. The molecule has 7 heteroatoms. The zero-order valence-corrected chi connectivity index (χ0v) is 18.5. The summed E-state index contributed by atoms with van der Waals surface area (Å²) in [4.78, 5) is 12.5. The molecule has 0 fully saturated rings. The molecular formula is C24H22N2O3S2. The lowest BCUT2D eigenvalue weighted by Crippen LogP contribution is -2.28. The van der Waals surface area contributed by atoms with E-state index in [1.807, 2.05) is 25.1 Å². The second kappa shape index (κ2) is 8.91. The molecule has 0 saturated carbocycles. The summed E-state index contributed by atoms with van der Waals surface area (Å²) < 4.78 is 27.4. The number of amides is 1. The third-order valence-corrected chi connectivity index (χ3v) is 7.76. The molecule has 1 amide bonds. The topological polar surface area (TPSA) is 75.3 Å². The van der Waals surface area contributed by atoms with Gasteiger partial charge in [0.2, 0.25) is 5.91 Å². The second-order valence-corrected chi connectivity index (χ2v) is 10.2. The number of anilines is 1. The number of fused-ring (bicyclic) bond motifs is 1. The molecule has 2 N–H and O–H groups in total. The predicted octanol–water partition coefficient (Wildman–Crippen LogP) is 5.12. The summed E-state index contributed by atoms with van der Waals surface area (Å²) in [6.45, 7) is 1.96. The van der Waals surface area contributed by atoms with E-state index in [9.17, 15) is 13.2 Å². The molecule has 0 aliphatic heterocycles. The van der Waals surface area contributed by atoms with Crippen molar-refractivity contribution < 1.29 is 13.2 Å². The van der Waals surface area contributed by atoms with Gasteiger partial charge in [0.15, 0.2) is 0 Å². The van der Waals surface area contributed by atoms with Crippen molar-refractivity contribution in [2.24, 2.45) is 0 Å². The number of sulfonamides is 1. The first-order chi connectivity index (χ1) is 14.9. The molecule has 5 nitrogen and oxygen atoms in total. The third kappa shape index (κ3) is 5.13. The van der Waals surface area contributed by atoms with Gasteiger partial charge in [-0.05, 0) is 58.5 Å². The van der Waals surface area contributed by atoms with Crippen LogP contribution in [0.5, 0.6) is 0 Å². The normalized spacial score (nSPS) is 12.4. The molecular weight excluding hydrogens is 428 g/mol. The van der Waals surface area contributed by atoms with Crippen molar-refractivity contribution in [1.29, 1.82) is 0 Å². The lowest BCUT2D eigenvalue weighted by atomic mass is 10.0. The first-order valence-electron chi connectivity index (χ1n) is 9.84. The maximum absolute atomic E-state index is 12.5. The zero-order valence-electron chi connectivity index (χ0n) is 16.9. The fourth-order valence-electron chi connectivity index (χ4n) is 3.35. The quantitative estimate of drug-likeness (QED) is 0.410. The van der Waals surface area contributed by atoms with Gasteiger partial charge in [-0.25, -0.2) is 8.42 Å². The summed E-state index contributed by atoms with van der Waals surface area (Å²) in [6, 6.07) is 24.3. The Balaban J connectivity index is 1.37. The van der Waals surface area contributed by atoms with Crippen LogP contribution in [0.25, 0.3) is 10.8 Å². The molecule has 0 saturated heterocycles. The number of nitrogens with one attached hydrogen (secondary N) is 2. The number of hydrogen-bond acceptors (Lipinski definition) is 4. The maximum Gasteiger partial charge on any atom is 0.271 e. The van der Waals surface area contributed by atoms with Crippen molar-refractivity contribution >= 4 is 43.7 Å². The number of carbonyl (C=O) groups is 1. The minimum Gasteiger partial charge on any atom is -0.349 e. The highest BCUT2D eigenvalue weighted by molar-refractivity contribution is 7.94. The smallest absolute Gasteiger partial charge is 0.271 e. The molecule has 1 aromatic heterocycles. The standard InChI is InChI=1S/C24H22N2O3S2/c1-17(20-11-10-19-5-2-3-6-21(19)16-20)25-23(27)15-18-8-12-22(13-9-18)26-31(28,29)24-7-4-14-30-24/h2-14,16-17,26H,15H2,1H3,(H,25,27). The summed E-state index contributed by atoms with van der Waals surface area (Å²) in [5.41, 5.74) is 2.31. The zero-order chi connectivity index (χ0) is 21.8. The highest BCUT2D eigenvalue weighted by Gasteiger charge is 2.15. The van der Waals surface area contributed by atoms with E-state index in [2.05, 4.69) is 34.3 Å². The van der Waals surface area contributed by atoms with Crippen molar-refractivity contribution in [2.75, 3.05) is 4.72 Å². The van der Waals surface area contributed by atoms with Crippen molar-refractivity contribution in [2.45, 2.75) is 23.6 Å². The predicted molar refractivity (Wildman–Crippen MR) is 126 cm³/mol.